The van der Waals surface area contributed by atoms with Crippen molar-refractivity contribution in [1.29, 1.82) is 0 Å². The number of hydrogen-bond donors (Lipinski definition) is 0. The van der Waals surface area contributed by atoms with E-state index in [1.807, 2.05) is 0 Å². The van der Waals surface area contributed by atoms with Crippen LogP contribution >= 0.6 is 11.3 Å². The fourth-order valence-corrected chi connectivity index (χ4v) is 9.25. The molecule has 63 heavy (non-hydrogen) atoms. The van der Waals surface area contributed by atoms with Crippen LogP contribution in [0.15, 0.2) is 218 Å². The number of fused-ring (bicyclic) bond motifs is 4. The minimum absolute atomic E-state index is 0.00228. The third-order valence-corrected chi connectivity index (χ3v) is 11.9. The summed E-state index contributed by atoms with van der Waals surface area (Å²) in [7, 11) is 0. The first-order chi connectivity index (χ1) is 43.7. The molecule has 292 valence electrons. The highest BCUT2D eigenvalue weighted by Gasteiger charge is 2.25. The molecule has 0 aliphatic rings. The summed E-state index contributed by atoms with van der Waals surface area (Å²) in [4.78, 5) is 7.73. The number of hydrogen-bond acceptors (Lipinski definition) is 3. The van der Waals surface area contributed by atoms with E-state index in [0.717, 1.165) is 0 Å². The third-order valence-electron chi connectivity index (χ3n) is 10.7. The lowest BCUT2D eigenvalue weighted by atomic mass is 9.87. The average Bonchev–Trinajstić information content (AvgIpc) is 1.57. The summed E-state index contributed by atoms with van der Waals surface area (Å²) in [6.07, 6.45) is -0.654. The summed E-state index contributed by atoms with van der Waals surface area (Å²) in [6, 6.07) is -14.8. The molecule has 0 saturated heterocycles. The Bertz CT molecular complexity index is 5590. The second-order valence-corrected chi connectivity index (χ2v) is 15.1. The van der Waals surface area contributed by atoms with Crippen LogP contribution in [-0.4, -0.2) is 9.97 Å². The van der Waals surface area contributed by atoms with Crippen molar-refractivity contribution in [3.63, 3.8) is 0 Å². The van der Waals surface area contributed by atoms with E-state index in [1.165, 1.54) is 18.2 Å². The normalized spacial score (nSPS) is 18.5. The van der Waals surface area contributed by atoms with Crippen LogP contribution < -0.4 is 0 Å². The fourth-order valence-electron chi connectivity index (χ4n) is 7.97. The SMILES string of the molecule is [2H]c1nc2c(c([2H])c1[2H])c([2H])c([2H])c1c([2H])c([2H])c(-c3ccc(-c4c([2H])c([2H])c(-c5c(-c6c([2H])c([2H])c([2H])c([2H])c6[2H])sc(-c6c([2H])c([2H])c7c([2H])c([2H])c8c([2H])c([2H])c([2H])c9c([2H])c([2H])c6c7c89)c5-c5c([2H])c([2H])c([2H])c([2H])c5[2H])c([2H])c4[2H])c4ccccc34)nc12. The van der Waals surface area contributed by atoms with Crippen molar-refractivity contribution in [2.75, 3.05) is 0 Å². The van der Waals surface area contributed by atoms with E-state index in [-0.39, 0.29) is 60.2 Å². The minimum Gasteiger partial charge on any atom is -0.254 e. The van der Waals surface area contributed by atoms with Crippen molar-refractivity contribution in [3.05, 3.63) is 218 Å². The van der Waals surface area contributed by atoms with Gasteiger partial charge in [-0.3, -0.25) is 4.98 Å². The predicted octanol–water partition coefficient (Wildman–Crippen LogP) is 16.9. The van der Waals surface area contributed by atoms with Crippen molar-refractivity contribution in [2.24, 2.45) is 0 Å². The summed E-state index contributed by atoms with van der Waals surface area (Å²) in [5, 5.41) is -2.73. The van der Waals surface area contributed by atoms with Gasteiger partial charge in [-0.15, -0.1) is 11.3 Å². The molecule has 3 heterocycles. The Labute approximate surface area is 410 Å². The number of nitrogens with zero attached hydrogens (tertiary/aromatic N) is 2. The minimum atomic E-state index is -1.01. The number of benzene rings is 10. The van der Waals surface area contributed by atoms with Gasteiger partial charge >= 0.3 is 0 Å². The van der Waals surface area contributed by atoms with E-state index in [2.05, 4.69) is 4.98 Å². The molecule has 13 rings (SSSR count). The van der Waals surface area contributed by atoms with Gasteiger partial charge in [-0.1, -0.05) is 200 Å². The molecule has 0 N–H and O–H groups in total. The highest BCUT2D eigenvalue weighted by molar-refractivity contribution is 7.20. The molecule has 0 atom stereocenters. The topological polar surface area (TPSA) is 25.8 Å². The zero-order valence-electron chi connectivity index (χ0n) is 61.8. The number of pyridine rings is 2. The Morgan fingerprint density at radius 2 is 0.937 bits per heavy atom. The zero-order valence-corrected chi connectivity index (χ0v) is 32.6. The molecule has 2 nitrogen and oxygen atoms in total. The van der Waals surface area contributed by atoms with E-state index in [0.29, 0.717) is 11.3 Å². The Morgan fingerprint density at radius 1 is 0.365 bits per heavy atom. The standard InChI is InChI=1S/C60H36N2S/c1-3-11-38(12-4-1)56-55(59(45-13-5-2-6-14-45)63-60(56)51-32-29-41-25-24-39-15-9-16-40-28-31-50(51)54(41)53(39)40)42-22-20-37(21-23-42)46-33-34-49(48-19-8-7-18-47(46)48)52-35-30-44-27-26-43-17-10-36-61-57(43)58(44)62-52/h1-36H/i1D,2D,3D,4D,5D,6D,9D,10D,11D,12D,13D,14D,15D,16D,17D,20D,21D,22D,23D,24D,25D,26D,27D,28D,29D,30D,31D,32D,35D,36D. The van der Waals surface area contributed by atoms with Crippen molar-refractivity contribution in [1.82, 2.24) is 9.97 Å². The molecular formula is C60H36N2S. The Hall–Kier alpha value is -7.98. The van der Waals surface area contributed by atoms with Gasteiger partial charge in [-0.2, -0.15) is 0 Å². The van der Waals surface area contributed by atoms with Crippen LogP contribution in [0.2, 0.25) is 0 Å². The van der Waals surface area contributed by atoms with Crippen LogP contribution in [0.25, 0.3) is 130 Å². The van der Waals surface area contributed by atoms with E-state index < -0.39 is 252 Å². The maximum absolute atomic E-state index is 10.1. The van der Waals surface area contributed by atoms with Crippen LogP contribution in [0.5, 0.6) is 0 Å². The molecule has 0 saturated carbocycles. The smallest absolute Gasteiger partial charge is 0.0972 e. The number of thiophene rings is 1. The van der Waals surface area contributed by atoms with Gasteiger partial charge in [0, 0.05) is 49.0 Å². The molecule has 0 aliphatic heterocycles. The number of aromatic nitrogens is 2. The molecule has 0 radical (unpaired) electrons. The fraction of sp³-hybridized carbons (Fsp3) is 0. The van der Waals surface area contributed by atoms with Gasteiger partial charge in [0.05, 0.1) is 57.9 Å². The lowest BCUT2D eigenvalue weighted by Crippen LogP contribution is -1.91. The molecule has 0 spiro atoms. The van der Waals surface area contributed by atoms with Gasteiger partial charge in [0.15, 0.2) is 0 Å². The first kappa shape index (κ1) is 17.1. The zero-order chi connectivity index (χ0) is 67.5. The molecule has 0 bridgehead atoms. The third kappa shape index (κ3) is 5.71. The maximum atomic E-state index is 10.1. The molecule has 0 aliphatic carbocycles. The van der Waals surface area contributed by atoms with Gasteiger partial charge in [0.1, 0.15) is 0 Å². The van der Waals surface area contributed by atoms with Gasteiger partial charge < -0.3 is 0 Å². The van der Waals surface area contributed by atoms with Crippen molar-refractivity contribution in [2.45, 2.75) is 0 Å². The van der Waals surface area contributed by atoms with Gasteiger partial charge in [0.25, 0.3) is 0 Å². The van der Waals surface area contributed by atoms with E-state index in [9.17, 15) is 19.2 Å². The summed E-state index contributed by atoms with van der Waals surface area (Å²) >= 11 is 0.374. The van der Waals surface area contributed by atoms with Crippen LogP contribution in [0.3, 0.4) is 0 Å². The first-order valence-corrected chi connectivity index (χ1v) is 19.9. The van der Waals surface area contributed by atoms with Crippen LogP contribution in [-0.2, 0) is 0 Å². The Kier molecular flexibility index (Phi) is 3.87. The molecular weight excluding hydrogens is 781 g/mol. The quantitative estimate of drug-likeness (QED) is 0.156. The van der Waals surface area contributed by atoms with Crippen molar-refractivity contribution >= 4 is 76.2 Å². The molecule has 3 heteroatoms. The highest BCUT2D eigenvalue weighted by atomic mass is 32.1. The van der Waals surface area contributed by atoms with E-state index >= 15 is 0 Å². The second kappa shape index (κ2) is 14.3. The summed E-state index contributed by atoms with van der Waals surface area (Å²) in [5.74, 6) is 0. The molecule has 0 amide bonds. The summed E-state index contributed by atoms with van der Waals surface area (Å²) < 4.78 is 275. The average molecular weight is 847 g/mol. The highest BCUT2D eigenvalue weighted by Crippen LogP contribution is 2.54. The lowest BCUT2D eigenvalue weighted by Gasteiger charge is -2.15. The van der Waals surface area contributed by atoms with Gasteiger partial charge in [0.2, 0.25) is 0 Å². The molecule has 3 aromatic heterocycles. The molecule has 13 aromatic rings. The van der Waals surface area contributed by atoms with Crippen molar-refractivity contribution in [3.8, 4) is 65.5 Å². The monoisotopic (exact) mass is 846 g/mol. The Balaban J connectivity index is 1.18. The summed E-state index contributed by atoms with van der Waals surface area (Å²) in [6.45, 7) is 0. The van der Waals surface area contributed by atoms with Crippen LogP contribution in [0.1, 0.15) is 41.1 Å². The first-order valence-electron chi connectivity index (χ1n) is 34.0. The second-order valence-electron chi connectivity index (χ2n) is 14.1. The van der Waals surface area contributed by atoms with Gasteiger partial charge in [-0.25, -0.2) is 4.98 Å². The largest absolute Gasteiger partial charge is 0.254 e. The number of rotatable bonds is 6. The Morgan fingerprint density at radius 3 is 1.71 bits per heavy atom. The van der Waals surface area contributed by atoms with Crippen molar-refractivity contribution < 1.29 is 41.1 Å². The van der Waals surface area contributed by atoms with E-state index in [4.69, 9.17) is 26.9 Å². The molecule has 10 aromatic carbocycles. The van der Waals surface area contributed by atoms with Crippen LogP contribution in [0, 0.1) is 0 Å². The molecule has 0 fully saturated rings. The maximum Gasteiger partial charge on any atom is 0.0972 e. The van der Waals surface area contributed by atoms with E-state index in [1.54, 1.807) is 18.2 Å². The van der Waals surface area contributed by atoms with Crippen LogP contribution in [0.4, 0.5) is 0 Å². The van der Waals surface area contributed by atoms with Gasteiger partial charge in [-0.05, 0) is 83.0 Å². The lowest BCUT2D eigenvalue weighted by molar-refractivity contribution is 1.37. The summed E-state index contributed by atoms with van der Waals surface area (Å²) in [5.41, 5.74) is -5.23. The molecule has 0 unspecified atom stereocenters. The predicted molar refractivity (Wildman–Crippen MR) is 269 cm³/mol.